The third-order valence-corrected chi connectivity index (χ3v) is 5.77. The van der Waals surface area contributed by atoms with Gasteiger partial charge in [0.25, 0.3) is 0 Å². The van der Waals surface area contributed by atoms with Crippen LogP contribution in [0.3, 0.4) is 0 Å². The molecule has 168 valence electrons. The van der Waals surface area contributed by atoms with Crippen LogP contribution in [0.1, 0.15) is 33.7 Å². The molecule has 6 nitrogen and oxygen atoms in total. The number of ether oxygens (including phenoxy) is 1. The van der Waals surface area contributed by atoms with E-state index in [2.05, 4.69) is 15.3 Å². The molecule has 2 aromatic carbocycles. The average molecular weight is 463 g/mol. The van der Waals surface area contributed by atoms with E-state index in [4.69, 9.17) is 4.74 Å². The summed E-state index contributed by atoms with van der Waals surface area (Å²) in [5, 5.41) is 5.94. The van der Waals surface area contributed by atoms with Gasteiger partial charge in [-0.05, 0) is 48.4 Å². The smallest absolute Gasteiger partial charge is 0.244 e. The Bertz CT molecular complexity index is 1260. The van der Waals surface area contributed by atoms with Crippen molar-refractivity contribution in [3.8, 4) is 5.75 Å². The van der Waals surface area contributed by atoms with Gasteiger partial charge in [0, 0.05) is 30.9 Å². The van der Waals surface area contributed by atoms with Gasteiger partial charge in [-0.25, -0.2) is 14.4 Å². The van der Waals surface area contributed by atoms with Gasteiger partial charge in [-0.15, -0.1) is 11.3 Å². The number of carbonyl (C=O) groups excluding carboxylic acids is 1. The van der Waals surface area contributed by atoms with Crippen molar-refractivity contribution in [2.24, 2.45) is 7.05 Å². The largest absolute Gasteiger partial charge is 0.487 e. The van der Waals surface area contributed by atoms with Crippen molar-refractivity contribution in [3.05, 3.63) is 106 Å². The van der Waals surface area contributed by atoms with Gasteiger partial charge < -0.3 is 14.6 Å². The van der Waals surface area contributed by atoms with Crippen molar-refractivity contribution in [2.45, 2.75) is 19.6 Å². The summed E-state index contributed by atoms with van der Waals surface area (Å²) in [5.74, 6) is 0.712. The number of aromatic nitrogens is 3. The molecule has 2 aromatic heterocycles. The number of amides is 1. The first-order valence-electron chi connectivity index (χ1n) is 10.3. The molecule has 1 N–H and O–H groups in total. The first-order valence-corrected chi connectivity index (χ1v) is 11.2. The van der Waals surface area contributed by atoms with Gasteiger partial charge in [-0.1, -0.05) is 24.3 Å². The summed E-state index contributed by atoms with van der Waals surface area (Å²) in [6.45, 7) is 2.35. The molecule has 0 saturated heterocycles. The van der Waals surface area contributed by atoms with Crippen molar-refractivity contribution in [3.63, 3.8) is 0 Å². The van der Waals surface area contributed by atoms with Crippen LogP contribution in [0.4, 0.5) is 4.39 Å². The Hall–Kier alpha value is -3.78. The van der Waals surface area contributed by atoms with Gasteiger partial charge in [0.1, 0.15) is 30.0 Å². The maximum absolute atomic E-state index is 13.4. The number of nitrogens with zero attached hydrogens (tertiary/aromatic N) is 3. The van der Waals surface area contributed by atoms with E-state index in [0.29, 0.717) is 18.2 Å². The lowest BCUT2D eigenvalue weighted by molar-refractivity contribution is -0.117. The van der Waals surface area contributed by atoms with Crippen LogP contribution < -0.4 is 10.1 Å². The standard InChI is InChI=1S/C25H23FN4O2S/c1-17-28-21(16-33-17)15-32-22-5-3-4-18(14-22)6-11-23(31)29-24(25-27-12-13-30(25)2)19-7-9-20(26)10-8-19/h3-14,16,24H,15H2,1-2H3,(H,29,31)/b11-6+. The number of thiazole rings is 1. The average Bonchev–Trinajstić information content (AvgIpc) is 3.43. The summed E-state index contributed by atoms with van der Waals surface area (Å²) in [6.07, 6.45) is 6.64. The number of nitrogens with one attached hydrogen (secondary N) is 1. The summed E-state index contributed by atoms with van der Waals surface area (Å²) in [5.41, 5.74) is 2.45. The first kappa shape index (κ1) is 22.4. The van der Waals surface area contributed by atoms with Crippen molar-refractivity contribution in [2.75, 3.05) is 0 Å². The highest BCUT2D eigenvalue weighted by atomic mass is 32.1. The highest BCUT2D eigenvalue weighted by Gasteiger charge is 2.20. The number of aryl methyl sites for hydroxylation is 2. The lowest BCUT2D eigenvalue weighted by Crippen LogP contribution is -2.29. The van der Waals surface area contributed by atoms with Crippen LogP contribution >= 0.6 is 11.3 Å². The third-order valence-electron chi connectivity index (χ3n) is 4.95. The Labute approximate surface area is 195 Å². The molecule has 0 spiro atoms. The van der Waals surface area contributed by atoms with Gasteiger partial charge in [0.2, 0.25) is 5.91 Å². The van der Waals surface area contributed by atoms with Crippen LogP contribution in [0.2, 0.25) is 0 Å². The minimum atomic E-state index is -0.515. The number of hydrogen-bond donors (Lipinski definition) is 1. The summed E-state index contributed by atoms with van der Waals surface area (Å²) in [7, 11) is 1.85. The monoisotopic (exact) mass is 462 g/mol. The highest BCUT2D eigenvalue weighted by Crippen LogP contribution is 2.21. The van der Waals surface area contributed by atoms with Gasteiger partial charge in [-0.3, -0.25) is 4.79 Å². The van der Waals surface area contributed by atoms with Gasteiger partial charge in [-0.2, -0.15) is 0 Å². The second-order valence-electron chi connectivity index (χ2n) is 7.44. The number of rotatable bonds is 8. The van der Waals surface area contributed by atoms with E-state index < -0.39 is 6.04 Å². The fourth-order valence-electron chi connectivity index (χ4n) is 3.31. The molecule has 0 aliphatic rings. The van der Waals surface area contributed by atoms with Gasteiger partial charge in [0.05, 0.1) is 10.7 Å². The Morgan fingerprint density at radius 1 is 1.27 bits per heavy atom. The van der Waals surface area contributed by atoms with Crippen molar-refractivity contribution in [1.82, 2.24) is 19.9 Å². The zero-order valence-corrected chi connectivity index (χ0v) is 19.1. The molecule has 1 unspecified atom stereocenters. The molecule has 4 rings (SSSR count). The lowest BCUT2D eigenvalue weighted by atomic mass is 10.1. The normalized spacial score (nSPS) is 12.1. The summed E-state index contributed by atoms with van der Waals surface area (Å²) >= 11 is 1.59. The van der Waals surface area contributed by atoms with Crippen LogP contribution in [-0.4, -0.2) is 20.4 Å². The predicted molar refractivity (Wildman–Crippen MR) is 126 cm³/mol. The van der Waals surface area contributed by atoms with E-state index in [1.54, 1.807) is 41.9 Å². The van der Waals surface area contributed by atoms with E-state index in [-0.39, 0.29) is 11.7 Å². The number of carbonyl (C=O) groups is 1. The third kappa shape index (κ3) is 5.93. The Kier molecular flexibility index (Phi) is 6.95. The van der Waals surface area contributed by atoms with Crippen LogP contribution in [0.5, 0.6) is 5.75 Å². The highest BCUT2D eigenvalue weighted by molar-refractivity contribution is 7.09. The summed E-state index contributed by atoms with van der Waals surface area (Å²) in [6, 6.07) is 13.0. The minimum Gasteiger partial charge on any atom is -0.487 e. The van der Waals surface area contributed by atoms with E-state index >= 15 is 0 Å². The molecule has 1 atom stereocenters. The fraction of sp³-hybridized carbons (Fsp3) is 0.160. The lowest BCUT2D eigenvalue weighted by Gasteiger charge is -2.18. The molecule has 0 bridgehead atoms. The second-order valence-corrected chi connectivity index (χ2v) is 8.50. The van der Waals surface area contributed by atoms with Crippen LogP contribution in [-0.2, 0) is 18.4 Å². The quantitative estimate of drug-likeness (QED) is 0.381. The zero-order valence-electron chi connectivity index (χ0n) is 18.2. The number of imidazole rings is 1. The van der Waals surface area contributed by atoms with E-state index in [1.165, 1.54) is 18.2 Å². The van der Waals surface area contributed by atoms with Crippen LogP contribution in [0.25, 0.3) is 6.08 Å². The molecule has 0 radical (unpaired) electrons. The molecule has 0 aliphatic carbocycles. The van der Waals surface area contributed by atoms with Gasteiger partial charge in [0.15, 0.2) is 0 Å². The molecule has 8 heteroatoms. The topological polar surface area (TPSA) is 69.0 Å². The molecule has 33 heavy (non-hydrogen) atoms. The SMILES string of the molecule is Cc1nc(COc2cccc(/C=C/C(=O)NC(c3ccc(F)cc3)c3nccn3C)c2)cs1. The van der Waals surface area contributed by atoms with E-state index in [0.717, 1.165) is 21.8 Å². The molecule has 2 heterocycles. The molecular weight excluding hydrogens is 439 g/mol. The Balaban J connectivity index is 1.44. The Morgan fingerprint density at radius 2 is 2.09 bits per heavy atom. The van der Waals surface area contributed by atoms with Crippen molar-refractivity contribution >= 4 is 23.3 Å². The molecule has 0 aliphatic heterocycles. The van der Waals surface area contributed by atoms with Crippen LogP contribution in [0.15, 0.2) is 72.4 Å². The van der Waals surface area contributed by atoms with Crippen LogP contribution in [0, 0.1) is 12.7 Å². The van der Waals surface area contributed by atoms with Crippen molar-refractivity contribution < 1.29 is 13.9 Å². The molecule has 4 aromatic rings. The fourth-order valence-corrected chi connectivity index (χ4v) is 3.91. The molecule has 0 fully saturated rings. The number of halogens is 1. The number of hydrogen-bond acceptors (Lipinski definition) is 5. The number of benzene rings is 2. The maximum Gasteiger partial charge on any atom is 0.244 e. The molecule has 1 amide bonds. The van der Waals surface area contributed by atoms with Gasteiger partial charge >= 0.3 is 0 Å². The predicted octanol–water partition coefficient (Wildman–Crippen LogP) is 4.82. The van der Waals surface area contributed by atoms with E-state index in [9.17, 15) is 9.18 Å². The van der Waals surface area contributed by atoms with E-state index in [1.807, 2.05) is 48.2 Å². The summed E-state index contributed by atoms with van der Waals surface area (Å²) < 4.78 is 21.0. The zero-order chi connectivity index (χ0) is 23.2. The maximum atomic E-state index is 13.4. The minimum absolute atomic E-state index is 0.295. The molecule has 0 saturated carbocycles. The molecular formula is C25H23FN4O2S. The van der Waals surface area contributed by atoms with Crippen molar-refractivity contribution in [1.29, 1.82) is 0 Å². The Morgan fingerprint density at radius 3 is 2.79 bits per heavy atom. The first-order chi connectivity index (χ1) is 16.0. The second kappa shape index (κ2) is 10.2. The summed E-state index contributed by atoms with van der Waals surface area (Å²) in [4.78, 5) is 21.5.